The van der Waals surface area contributed by atoms with Crippen LogP contribution in [-0.4, -0.2) is 6.61 Å². The van der Waals surface area contributed by atoms with E-state index in [-0.39, 0.29) is 5.75 Å². The van der Waals surface area contributed by atoms with Crippen molar-refractivity contribution in [1.29, 1.82) is 5.26 Å². The molecule has 13 heavy (non-hydrogen) atoms. The van der Waals surface area contributed by atoms with Gasteiger partial charge in [-0.25, -0.2) is 0 Å². The Balaban J connectivity index is 3.03. The third-order valence-electron chi connectivity index (χ3n) is 1.62. The second-order valence-electron chi connectivity index (χ2n) is 2.42. The van der Waals surface area contributed by atoms with Crippen molar-refractivity contribution in [3.63, 3.8) is 0 Å². The molecule has 2 nitrogen and oxygen atoms in total. The molecule has 0 aliphatic carbocycles. The van der Waals surface area contributed by atoms with Crippen LogP contribution in [0.25, 0.3) is 0 Å². The summed E-state index contributed by atoms with van der Waals surface area (Å²) in [5.74, 6) is 0.0500. The van der Waals surface area contributed by atoms with Crippen molar-refractivity contribution in [2.24, 2.45) is 0 Å². The molecule has 0 amide bonds. The monoisotopic (exact) mass is 183 g/mol. The minimum Gasteiger partial charge on any atom is -0.435 e. The van der Waals surface area contributed by atoms with Gasteiger partial charge in [-0.15, -0.1) is 0 Å². The van der Waals surface area contributed by atoms with Crippen molar-refractivity contribution in [2.45, 2.75) is 13.5 Å². The second-order valence-corrected chi connectivity index (χ2v) is 2.42. The molecule has 0 radical (unpaired) electrons. The van der Waals surface area contributed by atoms with Gasteiger partial charge in [0.1, 0.15) is 5.75 Å². The smallest absolute Gasteiger partial charge is 0.387 e. The predicted molar refractivity (Wildman–Crippen MR) is 42.5 cm³/mol. The number of alkyl halides is 2. The van der Waals surface area contributed by atoms with E-state index in [0.29, 0.717) is 11.1 Å². The van der Waals surface area contributed by atoms with Gasteiger partial charge in [0.15, 0.2) is 0 Å². The molecule has 0 aliphatic heterocycles. The van der Waals surface area contributed by atoms with E-state index in [1.54, 1.807) is 13.0 Å². The zero-order chi connectivity index (χ0) is 9.84. The fourth-order valence-corrected chi connectivity index (χ4v) is 0.959. The fourth-order valence-electron chi connectivity index (χ4n) is 0.959. The standard InChI is InChI=1S/C9H7F2NO/c1-6-7(5-12)3-2-4-8(6)13-9(10)11/h2-4,9H,1H3. The fraction of sp³-hybridized carbons (Fsp3) is 0.222. The van der Waals surface area contributed by atoms with Gasteiger partial charge in [0.25, 0.3) is 0 Å². The molecule has 68 valence electrons. The Morgan fingerprint density at radius 3 is 2.69 bits per heavy atom. The number of benzene rings is 1. The number of hydrogen-bond acceptors (Lipinski definition) is 2. The van der Waals surface area contributed by atoms with E-state index < -0.39 is 6.61 Å². The van der Waals surface area contributed by atoms with Crippen molar-refractivity contribution in [2.75, 3.05) is 0 Å². The van der Waals surface area contributed by atoms with Gasteiger partial charge in [0, 0.05) is 5.56 Å². The molecule has 0 N–H and O–H groups in total. The van der Waals surface area contributed by atoms with Crippen LogP contribution in [0.5, 0.6) is 5.75 Å². The van der Waals surface area contributed by atoms with Crippen LogP contribution in [0.4, 0.5) is 8.78 Å². The topological polar surface area (TPSA) is 33.0 Å². The zero-order valence-corrected chi connectivity index (χ0v) is 6.92. The van der Waals surface area contributed by atoms with Gasteiger partial charge in [-0.2, -0.15) is 14.0 Å². The number of ether oxygens (including phenoxy) is 1. The summed E-state index contributed by atoms with van der Waals surface area (Å²) >= 11 is 0. The highest BCUT2D eigenvalue weighted by atomic mass is 19.3. The second kappa shape index (κ2) is 3.85. The van der Waals surface area contributed by atoms with E-state index in [2.05, 4.69) is 4.74 Å². The molecule has 0 aliphatic rings. The number of halogens is 2. The van der Waals surface area contributed by atoms with Gasteiger partial charge in [-0.3, -0.25) is 0 Å². The van der Waals surface area contributed by atoms with Gasteiger partial charge < -0.3 is 4.74 Å². The summed E-state index contributed by atoms with van der Waals surface area (Å²) in [5, 5.41) is 8.58. The summed E-state index contributed by atoms with van der Waals surface area (Å²) in [7, 11) is 0. The van der Waals surface area contributed by atoms with Gasteiger partial charge in [0.2, 0.25) is 0 Å². The first-order valence-electron chi connectivity index (χ1n) is 3.59. The number of nitriles is 1. The van der Waals surface area contributed by atoms with Crippen LogP contribution < -0.4 is 4.74 Å². The number of hydrogen-bond donors (Lipinski definition) is 0. The van der Waals surface area contributed by atoms with Crippen LogP contribution in [0.3, 0.4) is 0 Å². The van der Waals surface area contributed by atoms with E-state index >= 15 is 0 Å². The average Bonchev–Trinajstić information content (AvgIpc) is 2.08. The molecule has 0 spiro atoms. The highest BCUT2D eigenvalue weighted by molar-refractivity contribution is 5.45. The summed E-state index contributed by atoms with van der Waals surface area (Å²) in [6.07, 6.45) is 0. The molecule has 1 aromatic carbocycles. The first-order valence-corrected chi connectivity index (χ1v) is 3.59. The lowest BCUT2D eigenvalue weighted by Crippen LogP contribution is -2.03. The number of nitrogens with zero attached hydrogens (tertiary/aromatic N) is 1. The molecule has 1 rings (SSSR count). The Morgan fingerprint density at radius 2 is 2.15 bits per heavy atom. The zero-order valence-electron chi connectivity index (χ0n) is 6.92. The van der Waals surface area contributed by atoms with Crippen LogP contribution in [0.15, 0.2) is 18.2 Å². The quantitative estimate of drug-likeness (QED) is 0.705. The maximum Gasteiger partial charge on any atom is 0.387 e. The normalized spacial score (nSPS) is 9.77. The third-order valence-corrected chi connectivity index (χ3v) is 1.62. The third kappa shape index (κ3) is 2.15. The van der Waals surface area contributed by atoms with E-state index in [1.807, 2.05) is 6.07 Å². The molecule has 0 saturated heterocycles. The SMILES string of the molecule is Cc1c(C#N)cccc1OC(F)F. The molecule has 0 fully saturated rings. The summed E-state index contributed by atoms with van der Waals surface area (Å²) in [4.78, 5) is 0. The van der Waals surface area contributed by atoms with E-state index in [4.69, 9.17) is 5.26 Å². The molecule has 1 aromatic rings. The van der Waals surface area contributed by atoms with Crippen molar-refractivity contribution in [3.05, 3.63) is 29.3 Å². The Labute approximate surface area is 74.4 Å². The van der Waals surface area contributed by atoms with Gasteiger partial charge in [-0.1, -0.05) is 6.07 Å². The number of rotatable bonds is 2. The Hall–Kier alpha value is -1.63. The van der Waals surface area contributed by atoms with Crippen LogP contribution in [0.1, 0.15) is 11.1 Å². The van der Waals surface area contributed by atoms with Gasteiger partial charge >= 0.3 is 6.61 Å². The maximum absolute atomic E-state index is 11.8. The summed E-state index contributed by atoms with van der Waals surface area (Å²) in [6.45, 7) is -1.29. The average molecular weight is 183 g/mol. The molecule has 0 unspecified atom stereocenters. The molecular weight excluding hydrogens is 176 g/mol. The van der Waals surface area contributed by atoms with E-state index in [1.165, 1.54) is 12.1 Å². The lowest BCUT2D eigenvalue weighted by Gasteiger charge is -2.07. The minimum atomic E-state index is -2.85. The first-order chi connectivity index (χ1) is 6.15. The molecule has 0 bridgehead atoms. The highest BCUT2D eigenvalue weighted by Crippen LogP contribution is 2.22. The van der Waals surface area contributed by atoms with Crippen LogP contribution in [0.2, 0.25) is 0 Å². The minimum absolute atomic E-state index is 0.0500. The Bertz CT molecular complexity index is 344. The van der Waals surface area contributed by atoms with Crippen molar-refractivity contribution < 1.29 is 13.5 Å². The lowest BCUT2D eigenvalue weighted by molar-refractivity contribution is -0.0503. The summed E-state index contributed by atoms with van der Waals surface area (Å²) in [6, 6.07) is 6.34. The molecule has 0 heterocycles. The van der Waals surface area contributed by atoms with E-state index in [0.717, 1.165) is 0 Å². The van der Waals surface area contributed by atoms with Gasteiger partial charge in [-0.05, 0) is 19.1 Å². The molecule has 0 atom stereocenters. The van der Waals surface area contributed by atoms with Crippen LogP contribution in [-0.2, 0) is 0 Å². The first kappa shape index (κ1) is 9.46. The maximum atomic E-state index is 11.8. The summed E-state index contributed by atoms with van der Waals surface area (Å²) in [5.41, 5.74) is 0.781. The highest BCUT2D eigenvalue weighted by Gasteiger charge is 2.08. The predicted octanol–water partition coefficient (Wildman–Crippen LogP) is 2.47. The van der Waals surface area contributed by atoms with E-state index in [9.17, 15) is 8.78 Å². The Morgan fingerprint density at radius 1 is 1.46 bits per heavy atom. The molecule has 4 heteroatoms. The lowest BCUT2D eigenvalue weighted by atomic mass is 10.1. The molecule has 0 aromatic heterocycles. The largest absolute Gasteiger partial charge is 0.435 e. The van der Waals surface area contributed by atoms with Crippen molar-refractivity contribution in [1.82, 2.24) is 0 Å². The molecule has 0 saturated carbocycles. The van der Waals surface area contributed by atoms with Crippen molar-refractivity contribution >= 4 is 0 Å². The Kier molecular flexibility index (Phi) is 2.80. The van der Waals surface area contributed by atoms with Crippen LogP contribution >= 0.6 is 0 Å². The summed E-state index contributed by atoms with van der Waals surface area (Å²) < 4.78 is 27.9. The van der Waals surface area contributed by atoms with Crippen LogP contribution in [0, 0.1) is 18.3 Å². The van der Waals surface area contributed by atoms with Crippen molar-refractivity contribution in [3.8, 4) is 11.8 Å². The molecular formula is C9H7F2NO. The van der Waals surface area contributed by atoms with Gasteiger partial charge in [0.05, 0.1) is 11.6 Å².